The average Bonchev–Trinajstić information content (AvgIpc) is 2.83. The fourth-order valence-corrected chi connectivity index (χ4v) is 5.98. The summed E-state index contributed by atoms with van der Waals surface area (Å²) in [5.41, 5.74) is 3.44. The van der Waals surface area contributed by atoms with Gasteiger partial charge < -0.3 is 20.0 Å². The lowest BCUT2D eigenvalue weighted by atomic mass is 10.1. The maximum absolute atomic E-state index is 13.4. The summed E-state index contributed by atoms with van der Waals surface area (Å²) in [5.74, 6) is -0.0606. The van der Waals surface area contributed by atoms with Gasteiger partial charge in [-0.3, -0.25) is 9.52 Å². The van der Waals surface area contributed by atoms with Crippen molar-refractivity contribution < 1.29 is 13.2 Å². The lowest BCUT2D eigenvalue weighted by Crippen LogP contribution is -2.48. The van der Waals surface area contributed by atoms with Crippen molar-refractivity contribution in [2.75, 3.05) is 68.5 Å². The van der Waals surface area contributed by atoms with Crippen LogP contribution in [0.5, 0.6) is 0 Å². The van der Waals surface area contributed by atoms with Gasteiger partial charge in [-0.05, 0) is 50.2 Å². The molecule has 2 aromatic carbocycles. The second kappa shape index (κ2) is 10.3. The first-order valence-electron chi connectivity index (χ1n) is 12.0. The number of amides is 1. The summed E-state index contributed by atoms with van der Waals surface area (Å²) >= 11 is 0. The summed E-state index contributed by atoms with van der Waals surface area (Å²) in [6.07, 6.45) is 0. The van der Waals surface area contributed by atoms with E-state index in [-0.39, 0.29) is 10.8 Å². The van der Waals surface area contributed by atoms with Gasteiger partial charge in [0.1, 0.15) is 0 Å². The first kappa shape index (κ1) is 24.5. The Labute approximate surface area is 203 Å². The van der Waals surface area contributed by atoms with E-state index in [1.807, 2.05) is 30.0 Å². The van der Waals surface area contributed by atoms with E-state index in [0.29, 0.717) is 29.9 Å². The molecule has 0 unspecified atom stereocenters. The fraction of sp³-hybridized carbons (Fsp3) is 0.480. The van der Waals surface area contributed by atoms with Crippen LogP contribution in [0.25, 0.3) is 0 Å². The zero-order valence-electron chi connectivity index (χ0n) is 20.3. The Morgan fingerprint density at radius 3 is 2.32 bits per heavy atom. The molecule has 2 N–H and O–H groups in total. The number of hydrogen-bond acceptors (Lipinski definition) is 6. The number of likely N-dealkylation sites (N-methyl/N-ethyl adjacent to an activating group) is 1. The first-order valence-corrected chi connectivity index (χ1v) is 13.5. The third-order valence-electron chi connectivity index (χ3n) is 6.67. The second-order valence-electron chi connectivity index (χ2n) is 9.07. The van der Waals surface area contributed by atoms with Crippen molar-refractivity contribution in [2.24, 2.45) is 0 Å². The SMILES string of the molecule is CCN1CCN(C(=O)c2ccc(N3CCNCC3)c(NS(=O)(=O)c3ccc(C)cc3C)c2)CC1. The van der Waals surface area contributed by atoms with Gasteiger partial charge in [-0.1, -0.05) is 24.6 Å². The summed E-state index contributed by atoms with van der Waals surface area (Å²) < 4.78 is 29.6. The number of piperazine rings is 2. The summed E-state index contributed by atoms with van der Waals surface area (Å²) in [5, 5.41) is 3.33. The molecule has 34 heavy (non-hydrogen) atoms. The summed E-state index contributed by atoms with van der Waals surface area (Å²) in [4.78, 5) is 19.8. The maximum Gasteiger partial charge on any atom is 0.262 e. The van der Waals surface area contributed by atoms with Crippen molar-refractivity contribution in [1.29, 1.82) is 0 Å². The molecule has 2 fully saturated rings. The van der Waals surface area contributed by atoms with Crippen LogP contribution in [-0.2, 0) is 10.0 Å². The number of carbonyl (C=O) groups excluding carboxylic acids is 1. The summed E-state index contributed by atoms with van der Waals surface area (Å²) in [7, 11) is -3.82. The van der Waals surface area contributed by atoms with Gasteiger partial charge in [-0.15, -0.1) is 0 Å². The molecule has 2 saturated heterocycles. The highest BCUT2D eigenvalue weighted by molar-refractivity contribution is 7.92. The molecule has 2 aromatic rings. The Morgan fingerprint density at radius 2 is 1.68 bits per heavy atom. The molecule has 0 atom stereocenters. The number of carbonyl (C=O) groups is 1. The number of nitrogens with zero attached hydrogens (tertiary/aromatic N) is 3. The van der Waals surface area contributed by atoms with Gasteiger partial charge in [0, 0.05) is 57.9 Å². The average molecular weight is 486 g/mol. The number of aryl methyl sites for hydroxylation is 2. The molecule has 1 amide bonds. The predicted octanol–water partition coefficient (Wildman–Crippen LogP) is 2.29. The van der Waals surface area contributed by atoms with Crippen LogP contribution in [0.1, 0.15) is 28.4 Å². The van der Waals surface area contributed by atoms with E-state index in [9.17, 15) is 13.2 Å². The van der Waals surface area contributed by atoms with Crippen LogP contribution in [0.2, 0.25) is 0 Å². The standard InChI is InChI=1S/C25H35N5O3S/c1-4-28-13-15-30(16-14-28)25(31)21-6-7-23(29-11-9-26-10-12-29)22(18-21)27-34(32,33)24-8-5-19(2)17-20(24)3/h5-8,17-18,26-27H,4,9-16H2,1-3H3. The van der Waals surface area contributed by atoms with Crippen molar-refractivity contribution in [2.45, 2.75) is 25.7 Å². The predicted molar refractivity (Wildman–Crippen MR) is 136 cm³/mol. The minimum Gasteiger partial charge on any atom is -0.367 e. The van der Waals surface area contributed by atoms with Gasteiger partial charge in [-0.2, -0.15) is 0 Å². The zero-order chi connectivity index (χ0) is 24.3. The van der Waals surface area contributed by atoms with Crippen LogP contribution in [0.4, 0.5) is 11.4 Å². The molecular weight excluding hydrogens is 450 g/mol. The largest absolute Gasteiger partial charge is 0.367 e. The maximum atomic E-state index is 13.4. The Bertz CT molecular complexity index is 1140. The molecule has 184 valence electrons. The van der Waals surface area contributed by atoms with Crippen molar-refractivity contribution >= 4 is 27.3 Å². The molecule has 0 aliphatic carbocycles. The van der Waals surface area contributed by atoms with Crippen molar-refractivity contribution in [3.8, 4) is 0 Å². The summed E-state index contributed by atoms with van der Waals surface area (Å²) in [6.45, 7) is 13.1. The lowest BCUT2D eigenvalue weighted by molar-refractivity contribution is 0.0643. The third-order valence-corrected chi connectivity index (χ3v) is 8.20. The van der Waals surface area contributed by atoms with Crippen LogP contribution >= 0.6 is 0 Å². The Morgan fingerprint density at radius 1 is 0.971 bits per heavy atom. The number of sulfonamides is 1. The van der Waals surface area contributed by atoms with Crippen LogP contribution < -0.4 is 14.9 Å². The van der Waals surface area contributed by atoms with Crippen LogP contribution in [0, 0.1) is 13.8 Å². The van der Waals surface area contributed by atoms with Crippen LogP contribution in [0.15, 0.2) is 41.3 Å². The topological polar surface area (TPSA) is 85.0 Å². The molecule has 0 saturated carbocycles. The molecule has 2 aliphatic rings. The van der Waals surface area contributed by atoms with Crippen LogP contribution in [-0.4, -0.2) is 83.0 Å². The second-order valence-corrected chi connectivity index (χ2v) is 10.7. The van der Waals surface area contributed by atoms with Crippen molar-refractivity contribution in [3.05, 3.63) is 53.1 Å². The molecule has 0 bridgehead atoms. The van der Waals surface area contributed by atoms with E-state index in [4.69, 9.17) is 0 Å². The minimum atomic E-state index is -3.82. The highest BCUT2D eigenvalue weighted by atomic mass is 32.2. The normalized spacial score (nSPS) is 17.6. The molecule has 2 aliphatic heterocycles. The fourth-order valence-electron chi connectivity index (χ4n) is 4.68. The third kappa shape index (κ3) is 5.37. The van der Waals surface area contributed by atoms with Gasteiger partial charge >= 0.3 is 0 Å². The minimum absolute atomic E-state index is 0.0606. The van der Waals surface area contributed by atoms with E-state index in [1.165, 1.54) is 0 Å². The zero-order valence-corrected chi connectivity index (χ0v) is 21.1. The molecule has 4 rings (SSSR count). The highest BCUT2D eigenvalue weighted by Crippen LogP contribution is 2.31. The van der Waals surface area contributed by atoms with Crippen molar-refractivity contribution in [3.63, 3.8) is 0 Å². The number of hydrogen-bond donors (Lipinski definition) is 2. The summed E-state index contributed by atoms with van der Waals surface area (Å²) in [6, 6.07) is 10.7. The highest BCUT2D eigenvalue weighted by Gasteiger charge is 2.25. The van der Waals surface area contributed by atoms with Gasteiger partial charge in [0.25, 0.3) is 15.9 Å². The van der Waals surface area contributed by atoms with E-state index in [0.717, 1.165) is 57.1 Å². The monoisotopic (exact) mass is 485 g/mol. The molecule has 8 nitrogen and oxygen atoms in total. The van der Waals surface area contributed by atoms with Gasteiger partial charge in [0.05, 0.1) is 16.3 Å². The van der Waals surface area contributed by atoms with E-state index < -0.39 is 10.0 Å². The van der Waals surface area contributed by atoms with Gasteiger partial charge in [-0.25, -0.2) is 8.42 Å². The van der Waals surface area contributed by atoms with Gasteiger partial charge in [0.15, 0.2) is 0 Å². The van der Waals surface area contributed by atoms with Crippen LogP contribution in [0.3, 0.4) is 0 Å². The van der Waals surface area contributed by atoms with E-state index >= 15 is 0 Å². The van der Waals surface area contributed by atoms with E-state index in [1.54, 1.807) is 25.1 Å². The number of anilines is 2. The molecule has 0 radical (unpaired) electrons. The van der Waals surface area contributed by atoms with E-state index in [2.05, 4.69) is 26.8 Å². The first-order chi connectivity index (χ1) is 16.3. The molecular formula is C25H35N5O3S. The molecule has 0 spiro atoms. The number of nitrogens with one attached hydrogen (secondary N) is 2. The van der Waals surface area contributed by atoms with Crippen molar-refractivity contribution in [1.82, 2.24) is 15.1 Å². The smallest absolute Gasteiger partial charge is 0.262 e. The Hall–Kier alpha value is -2.62. The molecule has 9 heteroatoms. The molecule has 2 heterocycles. The van der Waals surface area contributed by atoms with Gasteiger partial charge in [0.2, 0.25) is 0 Å². The lowest BCUT2D eigenvalue weighted by Gasteiger charge is -2.34. The number of rotatable bonds is 6. The Balaban J connectivity index is 1.66. The molecule has 0 aromatic heterocycles. The Kier molecular flexibility index (Phi) is 7.45. The quantitative estimate of drug-likeness (QED) is 0.653. The number of benzene rings is 2.